The van der Waals surface area contributed by atoms with Crippen molar-refractivity contribution in [3.63, 3.8) is 0 Å². The first kappa shape index (κ1) is 16.6. The van der Waals surface area contributed by atoms with Crippen molar-refractivity contribution >= 4 is 16.7 Å². The zero-order valence-corrected chi connectivity index (χ0v) is 14.7. The van der Waals surface area contributed by atoms with Gasteiger partial charge >= 0.3 is 0 Å². The molecule has 0 spiro atoms. The summed E-state index contributed by atoms with van der Waals surface area (Å²) in [5.41, 5.74) is 0. The molecule has 6 heteroatoms. The van der Waals surface area contributed by atoms with Gasteiger partial charge < -0.3 is 9.64 Å². The van der Waals surface area contributed by atoms with Gasteiger partial charge in [0, 0.05) is 51.2 Å². The number of hydrogen-bond acceptors (Lipinski definition) is 6. The zero-order chi connectivity index (χ0) is 15.4. The molecule has 0 saturated carbocycles. The first-order valence-corrected chi connectivity index (χ1v) is 8.63. The Kier molecular flexibility index (Phi) is 5.96. The molecule has 0 bridgehead atoms. The molecule has 2 rings (SSSR count). The summed E-state index contributed by atoms with van der Waals surface area (Å²) in [4.78, 5) is 9.33. The highest BCUT2D eigenvalue weighted by molar-refractivity contribution is 7.09. The molecule has 1 aromatic rings. The monoisotopic (exact) mass is 312 g/mol. The molecule has 2 heterocycles. The fourth-order valence-electron chi connectivity index (χ4n) is 2.70. The lowest BCUT2D eigenvalue weighted by atomic mass is 10.1. The quantitative estimate of drug-likeness (QED) is 0.806. The van der Waals surface area contributed by atoms with Crippen LogP contribution in [0.5, 0.6) is 0 Å². The molecule has 0 N–H and O–H groups in total. The average Bonchev–Trinajstić information content (AvgIpc) is 2.82. The summed E-state index contributed by atoms with van der Waals surface area (Å²) >= 11 is 1.51. The summed E-state index contributed by atoms with van der Waals surface area (Å²) in [6.07, 6.45) is 1.62. The second-order valence-corrected chi connectivity index (χ2v) is 7.26. The smallest absolute Gasteiger partial charge is 0.204 e. The van der Waals surface area contributed by atoms with Crippen molar-refractivity contribution in [3.05, 3.63) is 5.82 Å². The number of morpholine rings is 1. The van der Waals surface area contributed by atoms with Gasteiger partial charge in [0.1, 0.15) is 5.82 Å². The molecule has 21 heavy (non-hydrogen) atoms. The molecular formula is C15H28N4OS. The van der Waals surface area contributed by atoms with Gasteiger partial charge in [0.15, 0.2) is 0 Å². The lowest BCUT2D eigenvalue weighted by Gasteiger charge is -2.36. The Morgan fingerprint density at radius 2 is 2.00 bits per heavy atom. The highest BCUT2D eigenvalue weighted by atomic mass is 32.1. The number of aromatic nitrogens is 2. The lowest BCUT2D eigenvalue weighted by Crippen LogP contribution is -2.47. The summed E-state index contributed by atoms with van der Waals surface area (Å²) < 4.78 is 10.2. The van der Waals surface area contributed by atoms with Gasteiger partial charge in [-0.2, -0.15) is 4.37 Å². The highest BCUT2D eigenvalue weighted by Crippen LogP contribution is 2.18. The van der Waals surface area contributed by atoms with Gasteiger partial charge in [-0.25, -0.2) is 4.98 Å². The van der Waals surface area contributed by atoms with Crippen LogP contribution >= 0.6 is 11.5 Å². The molecule has 120 valence electrons. The molecule has 1 fully saturated rings. The van der Waals surface area contributed by atoms with Crippen molar-refractivity contribution in [2.24, 2.45) is 5.92 Å². The third-order valence-electron chi connectivity index (χ3n) is 3.62. The first-order valence-electron chi connectivity index (χ1n) is 7.85. The van der Waals surface area contributed by atoms with E-state index in [-0.39, 0.29) is 0 Å². The summed E-state index contributed by atoms with van der Waals surface area (Å²) in [6, 6.07) is 0. The lowest BCUT2D eigenvalue weighted by molar-refractivity contribution is -0.0670. The second-order valence-electron chi connectivity index (χ2n) is 6.53. The molecule has 0 aliphatic carbocycles. The third kappa shape index (κ3) is 5.20. The molecule has 1 saturated heterocycles. The number of ether oxygens (including phenoxy) is 1. The Morgan fingerprint density at radius 1 is 1.33 bits per heavy atom. The maximum atomic E-state index is 5.77. The van der Waals surface area contributed by atoms with E-state index >= 15 is 0 Å². The van der Waals surface area contributed by atoms with Crippen LogP contribution in [0.1, 0.15) is 33.5 Å². The van der Waals surface area contributed by atoms with Crippen LogP contribution in [0, 0.1) is 5.92 Å². The number of hydrogen-bond donors (Lipinski definition) is 0. The topological polar surface area (TPSA) is 41.5 Å². The van der Waals surface area contributed by atoms with E-state index in [1.807, 2.05) is 0 Å². The summed E-state index contributed by atoms with van der Waals surface area (Å²) in [6.45, 7) is 12.8. The van der Waals surface area contributed by atoms with E-state index in [2.05, 4.69) is 53.9 Å². The Hall–Kier alpha value is -0.720. The van der Waals surface area contributed by atoms with E-state index in [9.17, 15) is 0 Å². The highest BCUT2D eigenvalue weighted by Gasteiger charge is 2.22. The number of nitrogens with zero attached hydrogens (tertiary/aromatic N) is 4. The van der Waals surface area contributed by atoms with Crippen LogP contribution in [0.2, 0.25) is 0 Å². The predicted octanol–water partition coefficient (Wildman–Crippen LogP) is 2.28. The van der Waals surface area contributed by atoms with Crippen LogP contribution in [0.15, 0.2) is 0 Å². The van der Waals surface area contributed by atoms with Crippen molar-refractivity contribution < 1.29 is 4.74 Å². The molecule has 0 aromatic carbocycles. The predicted molar refractivity (Wildman–Crippen MR) is 88.2 cm³/mol. The van der Waals surface area contributed by atoms with Crippen LogP contribution in [0.4, 0.5) is 5.13 Å². The molecule has 0 amide bonds. The minimum atomic E-state index is 0.332. The van der Waals surface area contributed by atoms with Gasteiger partial charge in [0.2, 0.25) is 5.13 Å². The van der Waals surface area contributed by atoms with Crippen LogP contribution in [-0.4, -0.2) is 59.7 Å². The molecule has 0 radical (unpaired) electrons. The molecule has 2 atom stereocenters. The van der Waals surface area contributed by atoms with Crippen LogP contribution < -0.4 is 4.90 Å². The maximum Gasteiger partial charge on any atom is 0.204 e. The van der Waals surface area contributed by atoms with Crippen molar-refractivity contribution in [1.82, 2.24) is 14.3 Å². The Bertz CT molecular complexity index is 427. The van der Waals surface area contributed by atoms with E-state index in [1.165, 1.54) is 11.5 Å². The van der Waals surface area contributed by atoms with Gasteiger partial charge in [0.05, 0.1) is 12.2 Å². The van der Waals surface area contributed by atoms with Crippen molar-refractivity contribution in [1.29, 1.82) is 0 Å². The molecule has 1 aliphatic rings. The Balaban J connectivity index is 1.81. The van der Waals surface area contributed by atoms with E-state index in [1.54, 1.807) is 0 Å². The first-order chi connectivity index (χ1) is 9.94. The van der Waals surface area contributed by atoms with E-state index < -0.39 is 0 Å². The van der Waals surface area contributed by atoms with Gasteiger partial charge in [0.25, 0.3) is 0 Å². The fourth-order valence-corrected chi connectivity index (χ4v) is 3.38. The zero-order valence-electron chi connectivity index (χ0n) is 13.9. The Morgan fingerprint density at radius 3 is 2.62 bits per heavy atom. The molecule has 1 aromatic heterocycles. The van der Waals surface area contributed by atoms with Crippen LogP contribution in [0.3, 0.4) is 0 Å². The van der Waals surface area contributed by atoms with Crippen molar-refractivity contribution in [2.45, 2.75) is 46.3 Å². The number of rotatable bonds is 6. The van der Waals surface area contributed by atoms with Gasteiger partial charge in [-0.05, 0) is 19.8 Å². The minimum absolute atomic E-state index is 0.332. The normalized spacial score (nSPS) is 23.7. The number of likely N-dealkylation sites (N-methyl/N-ethyl adjacent to an activating group) is 1. The average molecular weight is 312 g/mol. The Labute approximate surface area is 132 Å². The van der Waals surface area contributed by atoms with Crippen LogP contribution in [0.25, 0.3) is 0 Å². The van der Waals surface area contributed by atoms with Gasteiger partial charge in [-0.3, -0.25) is 4.90 Å². The third-order valence-corrected chi connectivity index (χ3v) is 4.49. The minimum Gasteiger partial charge on any atom is -0.373 e. The number of anilines is 1. The SMILES string of the molecule is CC(C)Cc1nsc(N(C)CCN2C[C@@H](C)O[C@@H](C)C2)n1. The molecular weight excluding hydrogens is 284 g/mol. The van der Waals surface area contributed by atoms with E-state index in [0.717, 1.165) is 43.6 Å². The van der Waals surface area contributed by atoms with E-state index in [0.29, 0.717) is 18.1 Å². The molecule has 1 aliphatic heterocycles. The second kappa shape index (κ2) is 7.51. The largest absolute Gasteiger partial charge is 0.373 e. The summed E-state index contributed by atoms with van der Waals surface area (Å²) in [7, 11) is 2.10. The van der Waals surface area contributed by atoms with Crippen molar-refractivity contribution in [2.75, 3.05) is 38.1 Å². The molecule has 0 unspecified atom stereocenters. The van der Waals surface area contributed by atoms with Crippen LogP contribution in [-0.2, 0) is 11.2 Å². The summed E-state index contributed by atoms with van der Waals surface area (Å²) in [5.74, 6) is 1.58. The molecule has 5 nitrogen and oxygen atoms in total. The van der Waals surface area contributed by atoms with E-state index in [4.69, 9.17) is 4.74 Å². The maximum absolute atomic E-state index is 5.77. The standard InChI is InChI=1S/C15H28N4OS/c1-11(2)8-14-16-15(21-17-14)18(5)6-7-19-9-12(3)20-13(4)10-19/h11-13H,6-10H2,1-5H3/t12-,13+. The van der Waals surface area contributed by atoms with Crippen molar-refractivity contribution in [3.8, 4) is 0 Å². The van der Waals surface area contributed by atoms with Gasteiger partial charge in [-0.15, -0.1) is 0 Å². The summed E-state index contributed by atoms with van der Waals surface area (Å²) in [5, 5.41) is 1.03. The van der Waals surface area contributed by atoms with Gasteiger partial charge in [-0.1, -0.05) is 13.8 Å². The fraction of sp³-hybridized carbons (Fsp3) is 0.867.